The van der Waals surface area contributed by atoms with Gasteiger partial charge in [0.05, 0.1) is 29.3 Å². The number of pyridine rings is 1. The summed E-state index contributed by atoms with van der Waals surface area (Å²) in [6.07, 6.45) is 7.29. The monoisotopic (exact) mass is 426 g/mol. The summed E-state index contributed by atoms with van der Waals surface area (Å²) in [5.41, 5.74) is 6.06. The maximum atomic E-state index is 12.7. The summed E-state index contributed by atoms with van der Waals surface area (Å²) in [4.78, 5) is 24.1. The lowest BCUT2D eigenvalue weighted by Gasteiger charge is -2.29. The van der Waals surface area contributed by atoms with Gasteiger partial charge in [-0.3, -0.25) is 4.79 Å². The van der Waals surface area contributed by atoms with Gasteiger partial charge in [0.15, 0.2) is 5.65 Å². The van der Waals surface area contributed by atoms with Gasteiger partial charge in [-0.1, -0.05) is 6.07 Å². The number of piperazine rings is 1. The van der Waals surface area contributed by atoms with Gasteiger partial charge in [-0.25, -0.2) is 14.5 Å². The van der Waals surface area contributed by atoms with E-state index in [-0.39, 0.29) is 5.91 Å². The molecule has 160 valence electrons. The van der Waals surface area contributed by atoms with Crippen molar-refractivity contribution in [1.82, 2.24) is 30.2 Å². The number of nitrogens with one attached hydrogen (secondary N) is 3. The van der Waals surface area contributed by atoms with Crippen LogP contribution in [0.2, 0.25) is 0 Å². The Morgan fingerprint density at radius 3 is 2.75 bits per heavy atom. The Hall–Kier alpha value is -3.98. The van der Waals surface area contributed by atoms with Crippen molar-refractivity contribution in [3.8, 4) is 11.1 Å². The van der Waals surface area contributed by atoms with Crippen molar-refractivity contribution in [2.24, 2.45) is 0 Å². The first-order valence-corrected chi connectivity index (χ1v) is 10.7. The predicted octanol–water partition coefficient (Wildman–Crippen LogP) is 2.19. The summed E-state index contributed by atoms with van der Waals surface area (Å²) in [5.74, 6) is 0.613. The number of amides is 1. The van der Waals surface area contributed by atoms with Crippen LogP contribution in [-0.4, -0.2) is 51.7 Å². The second kappa shape index (κ2) is 7.61. The third-order valence-electron chi connectivity index (χ3n) is 6.03. The van der Waals surface area contributed by atoms with Crippen LogP contribution in [0.5, 0.6) is 0 Å². The third-order valence-corrected chi connectivity index (χ3v) is 6.03. The van der Waals surface area contributed by atoms with E-state index in [4.69, 9.17) is 0 Å². The molecule has 1 aromatic carbocycles. The van der Waals surface area contributed by atoms with E-state index < -0.39 is 0 Å². The second-order valence-electron chi connectivity index (χ2n) is 7.91. The number of rotatable bonds is 4. The van der Waals surface area contributed by atoms with Gasteiger partial charge in [0, 0.05) is 50.7 Å². The Balaban J connectivity index is 1.33. The molecule has 3 aromatic heterocycles. The van der Waals surface area contributed by atoms with Crippen molar-refractivity contribution in [1.29, 1.82) is 0 Å². The van der Waals surface area contributed by atoms with Crippen LogP contribution in [-0.2, 0) is 6.54 Å². The number of benzene rings is 1. The fraction of sp³-hybridized carbons (Fsp3) is 0.217. The number of hydrogen-bond donors (Lipinski definition) is 3. The Bertz CT molecular complexity index is 1310. The molecule has 0 saturated carbocycles. The number of hydrogen-bond acceptors (Lipinski definition) is 7. The highest BCUT2D eigenvalue weighted by Gasteiger charge is 2.27. The molecule has 1 fully saturated rings. The summed E-state index contributed by atoms with van der Waals surface area (Å²) >= 11 is 0. The lowest BCUT2D eigenvalue weighted by molar-refractivity contribution is 0.0966. The van der Waals surface area contributed by atoms with Crippen LogP contribution in [0.25, 0.3) is 16.8 Å². The average Bonchev–Trinajstić information content (AvgIpc) is 3.45. The third kappa shape index (κ3) is 3.14. The Morgan fingerprint density at radius 2 is 1.91 bits per heavy atom. The smallest absolute Gasteiger partial charge is 0.254 e. The molecule has 32 heavy (non-hydrogen) atoms. The van der Waals surface area contributed by atoms with E-state index in [9.17, 15) is 4.79 Å². The van der Waals surface area contributed by atoms with Crippen LogP contribution in [0.1, 0.15) is 15.9 Å². The highest BCUT2D eigenvalue weighted by molar-refractivity contribution is 6.06. The van der Waals surface area contributed by atoms with Gasteiger partial charge in [-0.05, 0) is 35.4 Å². The standard InChI is InChI=1S/C23H22N8O/c32-23-21-17(13-27-23)16(18-14-28-31-9-1-6-25-22(18)31)3-4-19(21)29-20-5-2-15(12-26-20)30-10-7-24-8-11-30/h1-6,9,12,14,24H,7-8,10-11,13H2,(H,26,29)(H,27,32). The summed E-state index contributed by atoms with van der Waals surface area (Å²) in [5, 5.41) is 14.0. The van der Waals surface area contributed by atoms with Crippen molar-refractivity contribution in [3.63, 3.8) is 0 Å². The zero-order valence-corrected chi connectivity index (χ0v) is 17.4. The van der Waals surface area contributed by atoms with E-state index in [2.05, 4.69) is 42.0 Å². The summed E-state index contributed by atoms with van der Waals surface area (Å²) < 4.78 is 1.74. The topological polar surface area (TPSA) is 99.5 Å². The Morgan fingerprint density at radius 1 is 1.00 bits per heavy atom. The molecular weight excluding hydrogens is 404 g/mol. The molecule has 0 radical (unpaired) electrons. The molecule has 0 bridgehead atoms. The lowest BCUT2D eigenvalue weighted by Crippen LogP contribution is -2.43. The van der Waals surface area contributed by atoms with Crippen molar-refractivity contribution >= 4 is 28.7 Å². The van der Waals surface area contributed by atoms with E-state index in [1.165, 1.54) is 0 Å². The van der Waals surface area contributed by atoms with Crippen LogP contribution >= 0.6 is 0 Å². The van der Waals surface area contributed by atoms with Gasteiger partial charge in [0.1, 0.15) is 5.82 Å². The van der Waals surface area contributed by atoms with Crippen LogP contribution in [0.3, 0.4) is 0 Å². The molecule has 9 heteroatoms. The molecule has 2 aliphatic heterocycles. The van der Waals surface area contributed by atoms with E-state index >= 15 is 0 Å². The molecule has 0 unspecified atom stereocenters. The largest absolute Gasteiger partial charge is 0.368 e. The maximum absolute atomic E-state index is 12.7. The van der Waals surface area contributed by atoms with Gasteiger partial charge >= 0.3 is 0 Å². The zero-order chi connectivity index (χ0) is 21.5. The average molecular weight is 426 g/mol. The SMILES string of the molecule is O=C1NCc2c(-c3cnn4cccnc34)ccc(Nc3ccc(N4CCNCC4)cn3)c21. The molecule has 6 rings (SSSR count). The van der Waals surface area contributed by atoms with Gasteiger partial charge in [-0.15, -0.1) is 0 Å². The summed E-state index contributed by atoms with van der Waals surface area (Å²) in [6, 6.07) is 9.81. The fourth-order valence-electron chi connectivity index (χ4n) is 4.43. The molecule has 4 aromatic rings. The van der Waals surface area contributed by atoms with E-state index in [0.29, 0.717) is 17.9 Å². The number of aromatic nitrogens is 4. The number of fused-ring (bicyclic) bond motifs is 2. The highest BCUT2D eigenvalue weighted by Crippen LogP contribution is 2.36. The Kier molecular flexibility index (Phi) is 4.46. The number of carbonyl (C=O) groups is 1. The summed E-state index contributed by atoms with van der Waals surface area (Å²) in [7, 11) is 0. The first-order chi connectivity index (χ1) is 15.8. The molecule has 1 saturated heterocycles. The quantitative estimate of drug-likeness (QED) is 0.460. The van der Waals surface area contributed by atoms with E-state index in [1.807, 2.05) is 36.7 Å². The number of anilines is 3. The lowest BCUT2D eigenvalue weighted by atomic mass is 9.97. The van der Waals surface area contributed by atoms with Crippen molar-refractivity contribution < 1.29 is 4.79 Å². The first kappa shape index (κ1) is 18.8. The Labute approximate surface area is 184 Å². The van der Waals surface area contributed by atoms with Gasteiger partial charge in [0.25, 0.3) is 5.91 Å². The van der Waals surface area contributed by atoms with Gasteiger partial charge in [0.2, 0.25) is 0 Å². The van der Waals surface area contributed by atoms with E-state index in [0.717, 1.165) is 59.9 Å². The van der Waals surface area contributed by atoms with Crippen molar-refractivity contribution in [2.75, 3.05) is 36.4 Å². The minimum atomic E-state index is -0.0915. The fourth-order valence-corrected chi connectivity index (χ4v) is 4.43. The van der Waals surface area contributed by atoms with Crippen LogP contribution in [0, 0.1) is 0 Å². The highest BCUT2D eigenvalue weighted by atomic mass is 16.1. The first-order valence-electron chi connectivity index (χ1n) is 10.7. The second-order valence-corrected chi connectivity index (χ2v) is 7.91. The minimum absolute atomic E-state index is 0.0915. The van der Waals surface area contributed by atoms with Gasteiger partial charge < -0.3 is 20.9 Å². The van der Waals surface area contributed by atoms with Crippen LogP contribution < -0.4 is 20.9 Å². The zero-order valence-electron chi connectivity index (χ0n) is 17.4. The van der Waals surface area contributed by atoms with E-state index in [1.54, 1.807) is 16.9 Å². The molecular formula is C23H22N8O. The summed E-state index contributed by atoms with van der Waals surface area (Å²) in [6.45, 7) is 4.38. The molecule has 0 aliphatic carbocycles. The molecule has 1 amide bonds. The van der Waals surface area contributed by atoms with Crippen LogP contribution in [0.4, 0.5) is 17.2 Å². The predicted molar refractivity (Wildman–Crippen MR) is 122 cm³/mol. The van der Waals surface area contributed by atoms with Gasteiger partial charge in [-0.2, -0.15) is 5.10 Å². The minimum Gasteiger partial charge on any atom is -0.368 e. The van der Waals surface area contributed by atoms with Crippen molar-refractivity contribution in [2.45, 2.75) is 6.54 Å². The normalized spacial score (nSPS) is 15.6. The molecule has 5 heterocycles. The van der Waals surface area contributed by atoms with Crippen molar-refractivity contribution in [3.05, 3.63) is 66.2 Å². The molecule has 0 spiro atoms. The molecule has 0 atom stereocenters. The maximum Gasteiger partial charge on any atom is 0.254 e. The molecule has 9 nitrogen and oxygen atoms in total. The number of carbonyl (C=O) groups excluding carboxylic acids is 1. The number of nitrogens with zero attached hydrogens (tertiary/aromatic N) is 5. The molecule has 3 N–H and O–H groups in total. The molecule has 2 aliphatic rings. The van der Waals surface area contributed by atoms with Crippen LogP contribution in [0.15, 0.2) is 55.1 Å².